The van der Waals surface area contributed by atoms with Crippen molar-refractivity contribution in [3.63, 3.8) is 0 Å². The first kappa shape index (κ1) is 31.2. The van der Waals surface area contributed by atoms with Gasteiger partial charge in [0.2, 0.25) is 12.2 Å². The monoisotopic (exact) mass is 608 g/mol. The van der Waals surface area contributed by atoms with E-state index >= 15 is 0 Å². The molecule has 2 aliphatic rings. The zero-order chi connectivity index (χ0) is 31.1. The summed E-state index contributed by atoms with van der Waals surface area (Å²) in [4.78, 5) is 61.2. The number of fused-ring (bicyclic) bond motifs is 3. The van der Waals surface area contributed by atoms with Gasteiger partial charge >= 0.3 is 23.9 Å². The summed E-state index contributed by atoms with van der Waals surface area (Å²) in [5.74, 6) is -4.65. The Hall–Kier alpha value is -4.74. The number of carbonyl (C=O) groups excluding carboxylic acids is 3. The van der Waals surface area contributed by atoms with Crippen LogP contribution in [-0.4, -0.2) is 83.8 Å². The van der Waals surface area contributed by atoms with E-state index in [0.717, 1.165) is 30.8 Å². The van der Waals surface area contributed by atoms with Gasteiger partial charge in [0.05, 0.1) is 11.1 Å². The lowest BCUT2D eigenvalue weighted by molar-refractivity contribution is -0.166. The first-order valence-corrected chi connectivity index (χ1v) is 13.7. The van der Waals surface area contributed by atoms with Crippen molar-refractivity contribution >= 4 is 41.4 Å². The summed E-state index contributed by atoms with van der Waals surface area (Å²) in [5.41, 5.74) is 1.95. The number of halogens is 1. The number of nitrogens with one attached hydrogen (secondary N) is 1. The van der Waals surface area contributed by atoms with Gasteiger partial charge in [0, 0.05) is 36.1 Å². The van der Waals surface area contributed by atoms with Crippen molar-refractivity contribution in [2.75, 3.05) is 26.7 Å². The van der Waals surface area contributed by atoms with E-state index in [4.69, 9.17) is 21.1 Å². The molecule has 0 unspecified atom stereocenters. The number of likely N-dealkylation sites (tertiary alicyclic amines) is 1. The highest BCUT2D eigenvalue weighted by Gasteiger charge is 2.41. The molecule has 1 amide bonds. The summed E-state index contributed by atoms with van der Waals surface area (Å²) in [7, 11) is 2.13. The highest BCUT2D eigenvalue weighted by Crippen LogP contribution is 2.36. The van der Waals surface area contributed by atoms with Gasteiger partial charge < -0.3 is 29.9 Å². The standard InChI is InChI=1S/C18H14O8.C13H15ClN2O/c19-15(20)13(25-17(23)11-7-3-1-4-8-11)14(16(21)22)26-18(24)12-9-5-2-6-10-12;1-16-6-8-5-15-13(17)11-4-9(14)2-3-10(11)12(8)7-16/h1-10,13-14H,(H,19,20)(H,21,22);2-4,8,12H,5-7H2,1H3,(H,15,17)/t13-,14-;8-,12-/m00/s1. The number of nitrogens with zero attached hydrogens (tertiary/aromatic N) is 1. The minimum atomic E-state index is -2.21. The van der Waals surface area contributed by atoms with Crippen molar-refractivity contribution in [2.24, 2.45) is 5.92 Å². The predicted molar refractivity (Wildman–Crippen MR) is 154 cm³/mol. The van der Waals surface area contributed by atoms with Crippen LogP contribution in [0.1, 0.15) is 42.6 Å². The minimum Gasteiger partial charge on any atom is -0.478 e. The number of rotatable bonds is 7. The molecular weight excluding hydrogens is 580 g/mol. The Labute approximate surface area is 252 Å². The maximum absolute atomic E-state index is 12.0. The zero-order valence-corrected chi connectivity index (χ0v) is 23.8. The molecule has 0 spiro atoms. The largest absolute Gasteiger partial charge is 0.478 e. The summed E-state index contributed by atoms with van der Waals surface area (Å²) in [6.07, 6.45) is -4.43. The number of amides is 1. The Balaban J connectivity index is 0.000000213. The van der Waals surface area contributed by atoms with Crippen LogP contribution in [-0.2, 0) is 19.1 Å². The number of carboxylic acid groups (broad SMARTS) is 2. The maximum Gasteiger partial charge on any atom is 0.349 e. The molecule has 1 fully saturated rings. The van der Waals surface area contributed by atoms with Gasteiger partial charge in [0.15, 0.2) is 0 Å². The van der Waals surface area contributed by atoms with E-state index in [1.807, 2.05) is 12.1 Å². The summed E-state index contributed by atoms with van der Waals surface area (Å²) in [6, 6.07) is 20.5. The molecule has 0 saturated carbocycles. The average Bonchev–Trinajstić information content (AvgIpc) is 3.32. The van der Waals surface area contributed by atoms with Gasteiger partial charge in [0.1, 0.15) is 0 Å². The van der Waals surface area contributed by atoms with Crippen molar-refractivity contribution in [1.82, 2.24) is 10.2 Å². The number of carboxylic acids is 2. The van der Waals surface area contributed by atoms with E-state index in [0.29, 0.717) is 16.9 Å². The predicted octanol–water partition coefficient (Wildman–Crippen LogP) is 3.34. The molecule has 2 aliphatic heterocycles. The number of likely N-dealkylation sites (N-methyl/N-ethyl adjacent to an activating group) is 1. The molecule has 11 nitrogen and oxygen atoms in total. The van der Waals surface area contributed by atoms with Gasteiger partial charge in [-0.3, -0.25) is 4.79 Å². The molecular formula is C31H29ClN2O9. The third-order valence-electron chi connectivity index (χ3n) is 7.06. The van der Waals surface area contributed by atoms with Crippen LogP contribution in [0.4, 0.5) is 0 Å². The van der Waals surface area contributed by atoms with Crippen molar-refractivity contribution in [3.05, 3.63) is 106 Å². The first-order chi connectivity index (χ1) is 20.5. The fourth-order valence-electron chi connectivity index (χ4n) is 5.01. The van der Waals surface area contributed by atoms with E-state index in [1.165, 1.54) is 48.5 Å². The lowest BCUT2D eigenvalue weighted by atomic mass is 9.87. The number of ether oxygens (including phenoxy) is 2. The van der Waals surface area contributed by atoms with Crippen LogP contribution in [0.15, 0.2) is 78.9 Å². The van der Waals surface area contributed by atoms with E-state index in [1.54, 1.807) is 18.2 Å². The fourth-order valence-corrected chi connectivity index (χ4v) is 5.18. The number of benzene rings is 3. The number of hydrogen-bond donors (Lipinski definition) is 3. The van der Waals surface area contributed by atoms with Crippen molar-refractivity contribution in [3.8, 4) is 0 Å². The smallest absolute Gasteiger partial charge is 0.349 e. The molecule has 0 aromatic heterocycles. The van der Waals surface area contributed by atoms with E-state index < -0.39 is 36.1 Å². The van der Waals surface area contributed by atoms with Crippen LogP contribution in [0.3, 0.4) is 0 Å². The van der Waals surface area contributed by atoms with Gasteiger partial charge in [-0.05, 0) is 54.9 Å². The Kier molecular flexibility index (Phi) is 10.1. The number of carbonyl (C=O) groups is 5. The molecule has 43 heavy (non-hydrogen) atoms. The molecule has 2 heterocycles. The SMILES string of the molecule is CN1C[C@@H]2CNC(=O)c3cc(Cl)ccc3[C@H]2C1.O=C(O[C@H](C(=O)O)[C@H](OC(=O)c1ccccc1)C(=O)O)c1ccccc1. The van der Waals surface area contributed by atoms with Crippen molar-refractivity contribution in [2.45, 2.75) is 18.1 Å². The summed E-state index contributed by atoms with van der Waals surface area (Å²) < 4.78 is 9.52. The summed E-state index contributed by atoms with van der Waals surface area (Å²) >= 11 is 5.98. The van der Waals surface area contributed by atoms with Gasteiger partial charge in [0.25, 0.3) is 5.91 Å². The van der Waals surface area contributed by atoms with Crippen molar-refractivity contribution in [1.29, 1.82) is 0 Å². The van der Waals surface area contributed by atoms with Gasteiger partial charge in [-0.2, -0.15) is 0 Å². The first-order valence-electron chi connectivity index (χ1n) is 13.3. The molecule has 4 atom stereocenters. The van der Waals surface area contributed by atoms with Gasteiger partial charge in [-0.15, -0.1) is 0 Å². The number of hydrogen-bond acceptors (Lipinski definition) is 8. The second-order valence-electron chi connectivity index (χ2n) is 10.1. The molecule has 1 saturated heterocycles. The third kappa shape index (κ3) is 7.76. The molecule has 5 rings (SSSR count). The summed E-state index contributed by atoms with van der Waals surface area (Å²) in [6.45, 7) is 2.83. The molecule has 0 bridgehead atoms. The topological polar surface area (TPSA) is 160 Å². The Morgan fingerprint density at radius 1 is 0.837 bits per heavy atom. The molecule has 3 aromatic rings. The number of aliphatic carboxylic acids is 2. The third-order valence-corrected chi connectivity index (χ3v) is 7.29. The Bertz CT molecular complexity index is 1430. The maximum atomic E-state index is 12.0. The van der Waals surface area contributed by atoms with Gasteiger partial charge in [-0.25, -0.2) is 19.2 Å². The Morgan fingerprint density at radius 3 is 1.84 bits per heavy atom. The molecule has 0 aliphatic carbocycles. The van der Waals surface area contributed by atoms with Crippen LogP contribution in [0.5, 0.6) is 0 Å². The second-order valence-corrected chi connectivity index (χ2v) is 10.5. The molecule has 0 radical (unpaired) electrons. The quantitative estimate of drug-likeness (QED) is 0.340. The van der Waals surface area contributed by atoms with E-state index in [9.17, 15) is 34.2 Å². The van der Waals surface area contributed by atoms with Crippen LogP contribution in [0.25, 0.3) is 0 Å². The second kappa shape index (κ2) is 14.0. The normalized spacial score (nSPS) is 18.7. The molecule has 224 valence electrons. The van der Waals surface area contributed by atoms with Crippen LogP contribution >= 0.6 is 11.6 Å². The molecule has 12 heteroatoms. The summed E-state index contributed by atoms with van der Waals surface area (Å²) in [5, 5.41) is 22.1. The average molecular weight is 609 g/mol. The molecule has 3 N–H and O–H groups in total. The Morgan fingerprint density at radius 2 is 1.35 bits per heavy atom. The zero-order valence-electron chi connectivity index (χ0n) is 23.0. The molecule has 3 aromatic carbocycles. The highest BCUT2D eigenvalue weighted by atomic mass is 35.5. The van der Waals surface area contributed by atoms with E-state index in [2.05, 4.69) is 17.3 Å². The van der Waals surface area contributed by atoms with Crippen molar-refractivity contribution < 1.29 is 43.7 Å². The van der Waals surface area contributed by atoms with E-state index in [-0.39, 0.29) is 17.0 Å². The van der Waals surface area contributed by atoms with Gasteiger partial charge in [-0.1, -0.05) is 54.1 Å². The number of esters is 2. The van der Waals surface area contributed by atoms with Crippen LogP contribution in [0, 0.1) is 5.92 Å². The van der Waals surface area contributed by atoms with Crippen LogP contribution in [0.2, 0.25) is 5.02 Å². The lowest BCUT2D eigenvalue weighted by Gasteiger charge is -2.21. The minimum absolute atomic E-state index is 0.0135. The highest BCUT2D eigenvalue weighted by molar-refractivity contribution is 6.31. The van der Waals surface area contributed by atoms with Crippen LogP contribution < -0.4 is 5.32 Å². The lowest BCUT2D eigenvalue weighted by Crippen LogP contribution is -2.45. The fraction of sp³-hybridized carbons (Fsp3) is 0.258.